The van der Waals surface area contributed by atoms with E-state index in [0.29, 0.717) is 24.2 Å². The van der Waals surface area contributed by atoms with Gasteiger partial charge in [0, 0.05) is 23.7 Å². The van der Waals surface area contributed by atoms with Gasteiger partial charge in [0.05, 0.1) is 5.38 Å². The van der Waals surface area contributed by atoms with Crippen molar-refractivity contribution in [3.8, 4) is 0 Å². The summed E-state index contributed by atoms with van der Waals surface area (Å²) < 4.78 is 15.5. The van der Waals surface area contributed by atoms with E-state index in [4.69, 9.17) is 11.6 Å². The number of hydrogen-bond donors (Lipinski definition) is 2. The molecule has 1 saturated carbocycles. The molecule has 0 aliphatic heterocycles. The van der Waals surface area contributed by atoms with Crippen molar-refractivity contribution in [2.24, 2.45) is 0 Å². The Labute approximate surface area is 169 Å². The molecule has 1 heterocycles. The number of rotatable bonds is 4. The van der Waals surface area contributed by atoms with Crippen molar-refractivity contribution in [1.82, 2.24) is 10.3 Å². The molecule has 0 spiro atoms. The fourth-order valence-corrected chi connectivity index (χ4v) is 4.47. The lowest BCUT2D eigenvalue weighted by Crippen LogP contribution is -2.52. The summed E-state index contributed by atoms with van der Waals surface area (Å²) in [5.74, 6) is -1.34. The maximum atomic E-state index is 15.5. The minimum Gasteiger partial charge on any atom is -0.349 e. The first-order chi connectivity index (χ1) is 13.5. The van der Waals surface area contributed by atoms with Crippen LogP contribution in [-0.4, -0.2) is 28.1 Å². The molecule has 1 amide bonds. The number of pyridine rings is 1. The van der Waals surface area contributed by atoms with Gasteiger partial charge in [-0.15, -0.1) is 11.6 Å². The Hall–Kier alpha value is -2.14. The van der Waals surface area contributed by atoms with E-state index in [-0.39, 0.29) is 18.4 Å². The van der Waals surface area contributed by atoms with Crippen LogP contribution in [0, 0.1) is 0 Å². The van der Waals surface area contributed by atoms with Crippen LogP contribution < -0.4 is 10.6 Å². The van der Waals surface area contributed by atoms with Crippen LogP contribution in [0.5, 0.6) is 0 Å². The van der Waals surface area contributed by atoms with Gasteiger partial charge < -0.3 is 10.6 Å². The second kappa shape index (κ2) is 8.08. The quantitative estimate of drug-likeness (QED) is 0.580. The van der Waals surface area contributed by atoms with Crippen molar-refractivity contribution in [3.63, 3.8) is 0 Å². The summed E-state index contributed by atoms with van der Waals surface area (Å²) in [5.41, 5.74) is 2.93. The molecule has 1 aromatic heterocycles. The molecule has 4 nitrogen and oxygen atoms in total. The largest absolute Gasteiger partial charge is 0.349 e. The minimum atomic E-state index is -1.73. The van der Waals surface area contributed by atoms with Gasteiger partial charge >= 0.3 is 0 Å². The van der Waals surface area contributed by atoms with Crippen molar-refractivity contribution in [2.75, 3.05) is 5.32 Å². The first-order valence-electron chi connectivity index (χ1n) is 9.99. The highest BCUT2D eigenvalue weighted by atomic mass is 35.5. The molecule has 2 aliphatic carbocycles. The number of nitrogens with zero attached hydrogens (tertiary/aromatic N) is 1. The molecule has 2 aromatic rings. The minimum absolute atomic E-state index is 0.141. The van der Waals surface area contributed by atoms with Gasteiger partial charge in [-0.3, -0.25) is 4.79 Å². The SMILES string of the molecule is O=C(NC1CCC(F)(Nc2ccc3c(n2)CCCC3)C(Cl)C1)c1ccccc1. The predicted octanol–water partition coefficient (Wildman–Crippen LogP) is 4.63. The van der Waals surface area contributed by atoms with Crippen LogP contribution >= 0.6 is 11.6 Å². The van der Waals surface area contributed by atoms with Crippen molar-refractivity contribution in [1.29, 1.82) is 0 Å². The van der Waals surface area contributed by atoms with E-state index < -0.39 is 11.2 Å². The lowest BCUT2D eigenvalue weighted by molar-refractivity contribution is 0.0875. The molecule has 3 atom stereocenters. The Balaban J connectivity index is 1.38. The highest BCUT2D eigenvalue weighted by Gasteiger charge is 2.44. The molecule has 2 N–H and O–H groups in total. The second-order valence-electron chi connectivity index (χ2n) is 7.78. The summed E-state index contributed by atoms with van der Waals surface area (Å²) in [6, 6.07) is 12.8. The zero-order valence-electron chi connectivity index (χ0n) is 15.8. The lowest BCUT2D eigenvalue weighted by Gasteiger charge is -2.39. The highest BCUT2D eigenvalue weighted by Crippen LogP contribution is 2.37. The number of carbonyl (C=O) groups is 1. The van der Waals surface area contributed by atoms with Crippen molar-refractivity contribution < 1.29 is 9.18 Å². The molecular formula is C22H25ClFN3O. The van der Waals surface area contributed by atoms with Crippen LogP contribution in [0.2, 0.25) is 0 Å². The molecule has 2 aliphatic rings. The number of hydrogen-bond acceptors (Lipinski definition) is 3. The topological polar surface area (TPSA) is 54.0 Å². The van der Waals surface area contributed by atoms with Gasteiger partial charge in [-0.05, 0) is 62.3 Å². The van der Waals surface area contributed by atoms with E-state index in [0.717, 1.165) is 25.0 Å². The molecule has 4 rings (SSSR count). The average Bonchev–Trinajstić information content (AvgIpc) is 2.71. The number of carbonyl (C=O) groups excluding carboxylic acids is 1. The Morgan fingerprint density at radius 2 is 1.93 bits per heavy atom. The zero-order chi connectivity index (χ0) is 19.6. The Kier molecular flexibility index (Phi) is 5.54. The number of anilines is 1. The summed E-state index contributed by atoms with van der Waals surface area (Å²) in [6.45, 7) is 0. The summed E-state index contributed by atoms with van der Waals surface area (Å²) >= 11 is 6.42. The van der Waals surface area contributed by atoms with Gasteiger partial charge in [0.15, 0.2) is 5.79 Å². The zero-order valence-corrected chi connectivity index (χ0v) is 16.5. The molecule has 1 fully saturated rings. The van der Waals surface area contributed by atoms with E-state index in [1.54, 1.807) is 12.1 Å². The fourth-order valence-electron chi connectivity index (χ4n) is 4.09. The van der Waals surface area contributed by atoms with Gasteiger partial charge in [0.2, 0.25) is 0 Å². The number of nitrogens with one attached hydrogen (secondary N) is 2. The maximum Gasteiger partial charge on any atom is 0.251 e. The van der Waals surface area contributed by atoms with Crippen LogP contribution in [0.3, 0.4) is 0 Å². The van der Waals surface area contributed by atoms with Gasteiger partial charge in [0.1, 0.15) is 5.82 Å². The van der Waals surface area contributed by atoms with E-state index in [2.05, 4.69) is 15.6 Å². The van der Waals surface area contributed by atoms with E-state index in [1.165, 1.54) is 12.0 Å². The van der Waals surface area contributed by atoms with Gasteiger partial charge in [-0.2, -0.15) is 0 Å². The molecule has 3 unspecified atom stereocenters. The van der Waals surface area contributed by atoms with Crippen LogP contribution in [0.25, 0.3) is 0 Å². The third-order valence-electron chi connectivity index (χ3n) is 5.73. The molecule has 148 valence electrons. The summed E-state index contributed by atoms with van der Waals surface area (Å²) in [5, 5.41) is 5.17. The number of alkyl halides is 2. The molecule has 0 saturated heterocycles. The number of halogens is 2. The van der Waals surface area contributed by atoms with E-state index >= 15 is 4.39 Å². The lowest BCUT2D eigenvalue weighted by atomic mass is 9.88. The third-order valence-corrected chi connectivity index (χ3v) is 6.25. The fraction of sp³-hybridized carbons (Fsp3) is 0.455. The second-order valence-corrected chi connectivity index (χ2v) is 8.30. The Bertz CT molecular complexity index is 847. The van der Waals surface area contributed by atoms with Crippen molar-refractivity contribution in [3.05, 3.63) is 59.3 Å². The predicted molar refractivity (Wildman–Crippen MR) is 110 cm³/mol. The summed E-state index contributed by atoms with van der Waals surface area (Å²) in [7, 11) is 0. The van der Waals surface area contributed by atoms with Crippen LogP contribution in [-0.2, 0) is 12.8 Å². The molecular weight excluding hydrogens is 377 g/mol. The first-order valence-corrected chi connectivity index (χ1v) is 10.4. The summed E-state index contributed by atoms with van der Waals surface area (Å²) in [4.78, 5) is 16.9. The monoisotopic (exact) mass is 401 g/mol. The third kappa shape index (κ3) is 4.14. The molecule has 6 heteroatoms. The molecule has 28 heavy (non-hydrogen) atoms. The van der Waals surface area contributed by atoms with Crippen LogP contribution in [0.4, 0.5) is 10.2 Å². The normalized spacial score (nSPS) is 26.9. The Morgan fingerprint density at radius 1 is 1.14 bits per heavy atom. The number of aryl methyl sites for hydroxylation is 2. The van der Waals surface area contributed by atoms with E-state index in [9.17, 15) is 4.79 Å². The molecule has 0 radical (unpaired) electrons. The van der Waals surface area contributed by atoms with Gasteiger partial charge in [-0.1, -0.05) is 24.3 Å². The van der Waals surface area contributed by atoms with Gasteiger partial charge in [0.25, 0.3) is 5.91 Å². The number of amides is 1. The average molecular weight is 402 g/mol. The standard InChI is InChI=1S/C22H25ClFN3O/c23-19-14-17(25-21(28)16-7-2-1-3-8-16)12-13-22(19,24)27-20-11-10-15-6-4-5-9-18(15)26-20/h1-3,7-8,10-11,17,19H,4-6,9,12-14H2,(H,25,28)(H,26,27). The first kappa shape index (κ1) is 19.2. The van der Waals surface area contributed by atoms with Gasteiger partial charge in [-0.25, -0.2) is 9.37 Å². The van der Waals surface area contributed by atoms with E-state index in [1.807, 2.05) is 30.3 Å². The number of benzene rings is 1. The molecule has 0 bridgehead atoms. The van der Waals surface area contributed by atoms with Crippen LogP contribution in [0.15, 0.2) is 42.5 Å². The number of fused-ring (bicyclic) bond motifs is 1. The maximum absolute atomic E-state index is 15.5. The highest BCUT2D eigenvalue weighted by molar-refractivity contribution is 6.21. The number of aromatic nitrogens is 1. The van der Waals surface area contributed by atoms with Crippen LogP contribution in [0.1, 0.15) is 53.7 Å². The summed E-state index contributed by atoms with van der Waals surface area (Å²) in [6.07, 6.45) is 5.43. The van der Waals surface area contributed by atoms with Crippen molar-refractivity contribution in [2.45, 2.75) is 62.2 Å². The molecule has 1 aromatic carbocycles. The smallest absolute Gasteiger partial charge is 0.251 e. The Morgan fingerprint density at radius 3 is 2.71 bits per heavy atom. The van der Waals surface area contributed by atoms with Crippen molar-refractivity contribution >= 4 is 23.3 Å².